The van der Waals surface area contributed by atoms with E-state index in [0.717, 1.165) is 19.3 Å². The van der Waals surface area contributed by atoms with Gasteiger partial charge in [0.2, 0.25) is 0 Å². The molecule has 0 radical (unpaired) electrons. The van der Waals surface area contributed by atoms with Crippen LogP contribution in [0.5, 0.6) is 0 Å². The van der Waals surface area contributed by atoms with Crippen LogP contribution >= 0.6 is 0 Å². The Bertz CT molecular complexity index is 391. The minimum absolute atomic E-state index is 0.0150. The Kier molecular flexibility index (Phi) is 4.37. The van der Waals surface area contributed by atoms with Gasteiger partial charge in [0.1, 0.15) is 0 Å². The number of ether oxygens (including phenoxy) is 1. The van der Waals surface area contributed by atoms with E-state index in [1.165, 1.54) is 12.7 Å². The predicted molar refractivity (Wildman–Crippen MR) is 71.1 cm³/mol. The Hall–Kier alpha value is -1.35. The molecule has 1 aliphatic rings. The molecule has 1 aromatic rings. The molecule has 3 atom stereocenters. The minimum atomic E-state index is -0.0785. The summed E-state index contributed by atoms with van der Waals surface area (Å²) in [5, 5.41) is 3.56. The molecule has 0 aromatic heterocycles. The average molecular weight is 247 g/mol. The summed E-state index contributed by atoms with van der Waals surface area (Å²) < 4.78 is 4.87. The predicted octanol–water partition coefficient (Wildman–Crippen LogP) is 2.68. The first-order valence-electron chi connectivity index (χ1n) is 6.61. The zero-order valence-electron chi connectivity index (χ0n) is 11.1. The number of benzene rings is 1. The van der Waals surface area contributed by atoms with Gasteiger partial charge in [0, 0.05) is 12.1 Å². The lowest BCUT2D eigenvalue weighted by molar-refractivity contribution is -0.145. The van der Waals surface area contributed by atoms with E-state index in [1.54, 1.807) is 0 Å². The molecule has 0 aliphatic heterocycles. The van der Waals surface area contributed by atoms with Crippen molar-refractivity contribution < 1.29 is 9.53 Å². The van der Waals surface area contributed by atoms with E-state index >= 15 is 0 Å². The van der Waals surface area contributed by atoms with Gasteiger partial charge >= 0.3 is 5.97 Å². The van der Waals surface area contributed by atoms with Crippen molar-refractivity contribution in [2.45, 2.75) is 38.3 Å². The molecule has 3 nitrogen and oxygen atoms in total. The van der Waals surface area contributed by atoms with E-state index in [4.69, 9.17) is 4.74 Å². The summed E-state index contributed by atoms with van der Waals surface area (Å²) in [6.07, 6.45) is 3.09. The number of hydrogen-bond acceptors (Lipinski definition) is 3. The second kappa shape index (κ2) is 6.01. The van der Waals surface area contributed by atoms with Crippen molar-refractivity contribution in [3.63, 3.8) is 0 Å². The van der Waals surface area contributed by atoms with Crippen molar-refractivity contribution in [3.05, 3.63) is 35.9 Å². The summed E-state index contributed by atoms with van der Waals surface area (Å²) in [5.74, 6) is -0.0635. The van der Waals surface area contributed by atoms with E-state index in [1.807, 2.05) is 18.2 Å². The highest BCUT2D eigenvalue weighted by Crippen LogP contribution is 2.28. The van der Waals surface area contributed by atoms with Crippen LogP contribution in [0.3, 0.4) is 0 Å². The average Bonchev–Trinajstić information content (AvgIpc) is 2.87. The molecule has 3 heteroatoms. The van der Waals surface area contributed by atoms with Crippen LogP contribution in [0, 0.1) is 5.92 Å². The highest BCUT2D eigenvalue weighted by atomic mass is 16.5. The number of esters is 1. The first-order valence-corrected chi connectivity index (χ1v) is 6.61. The third kappa shape index (κ3) is 2.91. The molecule has 0 heterocycles. The van der Waals surface area contributed by atoms with Gasteiger partial charge in [-0.05, 0) is 25.3 Å². The van der Waals surface area contributed by atoms with Crippen molar-refractivity contribution in [2.24, 2.45) is 5.92 Å². The smallest absolute Gasteiger partial charge is 0.310 e. The normalized spacial score (nSPS) is 24.8. The number of rotatable bonds is 4. The van der Waals surface area contributed by atoms with Gasteiger partial charge in [-0.3, -0.25) is 4.79 Å². The maximum atomic E-state index is 11.7. The van der Waals surface area contributed by atoms with E-state index in [-0.39, 0.29) is 24.0 Å². The summed E-state index contributed by atoms with van der Waals surface area (Å²) in [5.41, 5.74) is 1.26. The van der Waals surface area contributed by atoms with Crippen LogP contribution in [0.15, 0.2) is 30.3 Å². The molecule has 1 N–H and O–H groups in total. The van der Waals surface area contributed by atoms with E-state index in [9.17, 15) is 4.79 Å². The van der Waals surface area contributed by atoms with E-state index in [0.29, 0.717) is 0 Å². The summed E-state index contributed by atoms with van der Waals surface area (Å²) in [6, 6.07) is 10.8. The molecule has 0 bridgehead atoms. The molecule has 0 amide bonds. The van der Waals surface area contributed by atoms with Crippen molar-refractivity contribution in [3.8, 4) is 0 Å². The molecule has 1 aromatic carbocycles. The number of carbonyl (C=O) groups is 1. The first kappa shape index (κ1) is 13.1. The van der Waals surface area contributed by atoms with Crippen LogP contribution in [0.2, 0.25) is 0 Å². The fourth-order valence-corrected chi connectivity index (χ4v) is 2.75. The summed E-state index contributed by atoms with van der Waals surface area (Å²) in [6.45, 7) is 2.14. The molecule has 0 unspecified atom stereocenters. The van der Waals surface area contributed by atoms with Crippen LogP contribution in [-0.4, -0.2) is 19.1 Å². The largest absolute Gasteiger partial charge is 0.469 e. The lowest BCUT2D eigenvalue weighted by Crippen LogP contribution is -2.38. The highest BCUT2D eigenvalue weighted by molar-refractivity contribution is 5.73. The first-order chi connectivity index (χ1) is 8.72. The molecule has 98 valence electrons. The van der Waals surface area contributed by atoms with Crippen molar-refractivity contribution in [1.82, 2.24) is 5.32 Å². The quantitative estimate of drug-likeness (QED) is 0.831. The second-order valence-corrected chi connectivity index (χ2v) is 4.97. The van der Waals surface area contributed by atoms with E-state index < -0.39 is 0 Å². The standard InChI is InChI=1S/C15H21NO2/c1-11(12-7-4-3-5-8-12)16-14-10-6-9-13(14)15(17)18-2/h3-5,7-8,11,13-14,16H,6,9-10H2,1-2H3/t11-,13-,14+/m0/s1. The van der Waals surface area contributed by atoms with Crippen molar-refractivity contribution in [1.29, 1.82) is 0 Å². The molecular formula is C15H21NO2. The number of hydrogen-bond donors (Lipinski definition) is 1. The van der Waals surface area contributed by atoms with Crippen molar-refractivity contribution >= 4 is 5.97 Å². The van der Waals surface area contributed by atoms with Gasteiger partial charge in [0.15, 0.2) is 0 Å². The van der Waals surface area contributed by atoms with Gasteiger partial charge in [-0.15, -0.1) is 0 Å². The van der Waals surface area contributed by atoms with Crippen LogP contribution in [0.1, 0.15) is 37.8 Å². The van der Waals surface area contributed by atoms with Crippen LogP contribution in [-0.2, 0) is 9.53 Å². The third-order valence-electron chi connectivity index (χ3n) is 3.78. The lowest BCUT2D eigenvalue weighted by atomic mass is 10.0. The van der Waals surface area contributed by atoms with Gasteiger partial charge in [-0.1, -0.05) is 36.8 Å². The number of carbonyl (C=O) groups excluding carboxylic acids is 1. The van der Waals surface area contributed by atoms with E-state index in [2.05, 4.69) is 24.4 Å². The monoisotopic (exact) mass is 247 g/mol. The molecule has 0 spiro atoms. The molecule has 1 fully saturated rings. The molecule has 0 saturated heterocycles. The Morgan fingerprint density at radius 1 is 1.33 bits per heavy atom. The summed E-state index contributed by atoms with van der Waals surface area (Å²) in [7, 11) is 1.47. The van der Waals surface area contributed by atoms with Gasteiger partial charge in [-0.25, -0.2) is 0 Å². The zero-order chi connectivity index (χ0) is 13.0. The van der Waals surface area contributed by atoms with Gasteiger partial charge in [0.25, 0.3) is 0 Å². The molecule has 2 rings (SSSR count). The molecule has 1 saturated carbocycles. The lowest BCUT2D eigenvalue weighted by Gasteiger charge is -2.23. The Morgan fingerprint density at radius 2 is 2.06 bits per heavy atom. The topological polar surface area (TPSA) is 38.3 Å². The minimum Gasteiger partial charge on any atom is -0.469 e. The Labute approximate surface area is 109 Å². The Morgan fingerprint density at radius 3 is 2.72 bits per heavy atom. The van der Waals surface area contributed by atoms with Crippen LogP contribution in [0.4, 0.5) is 0 Å². The van der Waals surface area contributed by atoms with Gasteiger partial charge in [-0.2, -0.15) is 0 Å². The molecular weight excluding hydrogens is 226 g/mol. The summed E-state index contributed by atoms with van der Waals surface area (Å²) >= 11 is 0. The Balaban J connectivity index is 1.98. The van der Waals surface area contributed by atoms with Crippen LogP contribution in [0.25, 0.3) is 0 Å². The maximum Gasteiger partial charge on any atom is 0.310 e. The maximum absolute atomic E-state index is 11.7. The fourth-order valence-electron chi connectivity index (χ4n) is 2.75. The second-order valence-electron chi connectivity index (χ2n) is 4.97. The highest BCUT2D eigenvalue weighted by Gasteiger charge is 2.34. The summed E-state index contributed by atoms with van der Waals surface area (Å²) in [4.78, 5) is 11.7. The SMILES string of the molecule is COC(=O)[C@H]1CCC[C@H]1N[C@@H](C)c1ccccc1. The van der Waals surface area contributed by atoms with Crippen molar-refractivity contribution in [2.75, 3.05) is 7.11 Å². The number of methoxy groups -OCH3 is 1. The van der Waals surface area contributed by atoms with Gasteiger partial charge < -0.3 is 10.1 Å². The zero-order valence-corrected chi connectivity index (χ0v) is 11.1. The fraction of sp³-hybridized carbons (Fsp3) is 0.533. The van der Waals surface area contributed by atoms with Gasteiger partial charge in [0.05, 0.1) is 13.0 Å². The molecule has 18 heavy (non-hydrogen) atoms. The number of nitrogens with one attached hydrogen (secondary N) is 1. The van der Waals surface area contributed by atoms with Crippen LogP contribution < -0.4 is 5.32 Å². The molecule has 1 aliphatic carbocycles. The third-order valence-corrected chi connectivity index (χ3v) is 3.78.